The Hall–Kier alpha value is -5.98. The van der Waals surface area contributed by atoms with Gasteiger partial charge in [0.05, 0.1) is 0 Å². The van der Waals surface area contributed by atoms with Crippen LogP contribution in [0.15, 0.2) is 152 Å². The zero-order chi connectivity index (χ0) is 33.3. The maximum atomic E-state index is 2.49. The maximum Gasteiger partial charge on any atom is -0.00200 e. The van der Waals surface area contributed by atoms with Gasteiger partial charge in [0.25, 0.3) is 0 Å². The molecule has 50 heavy (non-hydrogen) atoms. The Bertz CT molecular complexity index is 2890. The van der Waals surface area contributed by atoms with Gasteiger partial charge in [0.1, 0.15) is 0 Å². The summed E-state index contributed by atoms with van der Waals surface area (Å²) in [5.41, 5.74) is 17.3. The summed E-state index contributed by atoms with van der Waals surface area (Å²) in [5, 5.41) is 10.6. The molecule has 0 fully saturated rings. The quantitative estimate of drug-likeness (QED) is 0.166. The fourth-order valence-electron chi connectivity index (χ4n) is 9.28. The van der Waals surface area contributed by atoms with Gasteiger partial charge in [0.15, 0.2) is 0 Å². The molecular weight excluding hydrogens is 601 g/mol. The van der Waals surface area contributed by atoms with Gasteiger partial charge in [-0.1, -0.05) is 166 Å². The van der Waals surface area contributed by atoms with Gasteiger partial charge in [-0.05, 0) is 127 Å². The Morgan fingerprint density at radius 2 is 0.640 bits per heavy atom. The molecule has 0 spiro atoms. The van der Waals surface area contributed by atoms with Gasteiger partial charge in [-0.25, -0.2) is 0 Å². The van der Waals surface area contributed by atoms with E-state index in [-0.39, 0.29) is 5.41 Å². The topological polar surface area (TPSA) is 0 Å². The molecule has 0 nitrogen and oxygen atoms in total. The van der Waals surface area contributed by atoms with E-state index in [1.165, 1.54) is 115 Å². The van der Waals surface area contributed by atoms with Crippen molar-refractivity contribution < 1.29 is 0 Å². The molecule has 0 bridgehead atoms. The number of benzene rings is 9. The molecule has 234 valence electrons. The van der Waals surface area contributed by atoms with E-state index in [1.54, 1.807) is 0 Å². The summed E-state index contributed by atoms with van der Waals surface area (Å²) in [4.78, 5) is 0. The highest BCUT2D eigenvalue weighted by atomic mass is 14.3. The van der Waals surface area contributed by atoms with Crippen molar-refractivity contribution >= 4 is 43.1 Å². The van der Waals surface area contributed by atoms with E-state index in [9.17, 15) is 0 Å². The zero-order valence-corrected chi connectivity index (χ0v) is 28.4. The summed E-state index contributed by atoms with van der Waals surface area (Å²) < 4.78 is 0. The third-order valence-electron chi connectivity index (χ3n) is 11.5. The van der Waals surface area contributed by atoms with Gasteiger partial charge in [-0.15, -0.1) is 0 Å². The van der Waals surface area contributed by atoms with Crippen LogP contribution in [-0.4, -0.2) is 0 Å². The van der Waals surface area contributed by atoms with Crippen molar-refractivity contribution in [1.29, 1.82) is 0 Å². The van der Waals surface area contributed by atoms with Crippen LogP contribution < -0.4 is 0 Å². The third-order valence-corrected chi connectivity index (χ3v) is 11.5. The van der Waals surface area contributed by atoms with Crippen LogP contribution in [0.25, 0.3) is 110 Å². The first kappa shape index (κ1) is 27.9. The number of rotatable bonds is 2. The molecule has 0 aromatic heterocycles. The standard InChI is InChI=1S/C50H34/c1-50(2,3)29-22-23-44-45(28-29)49(43-27-25-41-33-15-7-5-13-31(33)35-19-11-21-39(43)47(35)41)37-17-9-8-16-36(37)48(44)42-26-24-40-32-14-6-4-12-30(32)34-18-10-20-38(42)46(34)40/h4-28H,1-3H3. The normalized spacial score (nSPS) is 12.7. The third kappa shape index (κ3) is 3.61. The van der Waals surface area contributed by atoms with Crippen LogP contribution in [0, 0.1) is 0 Å². The Kier molecular flexibility index (Phi) is 5.47. The predicted molar refractivity (Wildman–Crippen MR) is 215 cm³/mol. The summed E-state index contributed by atoms with van der Waals surface area (Å²) in [6.45, 7) is 6.98. The van der Waals surface area contributed by atoms with Crippen LogP contribution in [-0.2, 0) is 5.41 Å². The first-order chi connectivity index (χ1) is 24.5. The predicted octanol–water partition coefficient (Wildman–Crippen LogP) is 14.2. The fraction of sp³-hybridized carbons (Fsp3) is 0.0800. The van der Waals surface area contributed by atoms with E-state index in [2.05, 4.69) is 172 Å². The van der Waals surface area contributed by atoms with Crippen molar-refractivity contribution in [3.63, 3.8) is 0 Å². The minimum Gasteiger partial charge on any atom is -0.0616 e. The second kappa shape index (κ2) is 9.80. The lowest BCUT2D eigenvalue weighted by Crippen LogP contribution is -2.10. The van der Waals surface area contributed by atoms with Crippen molar-refractivity contribution in [1.82, 2.24) is 0 Å². The van der Waals surface area contributed by atoms with Crippen molar-refractivity contribution in [3.8, 4) is 66.8 Å². The Labute approximate surface area is 292 Å². The van der Waals surface area contributed by atoms with E-state index >= 15 is 0 Å². The van der Waals surface area contributed by atoms with Gasteiger partial charge >= 0.3 is 0 Å². The minimum atomic E-state index is 0.00863. The number of hydrogen-bond acceptors (Lipinski definition) is 0. The van der Waals surface area contributed by atoms with E-state index < -0.39 is 0 Å². The molecule has 0 heteroatoms. The van der Waals surface area contributed by atoms with E-state index in [0.717, 1.165) is 0 Å². The molecule has 9 aromatic rings. The summed E-state index contributed by atoms with van der Waals surface area (Å²) >= 11 is 0. The van der Waals surface area contributed by atoms with Crippen molar-refractivity contribution in [2.24, 2.45) is 0 Å². The van der Waals surface area contributed by atoms with Gasteiger partial charge in [-0.3, -0.25) is 0 Å². The summed E-state index contributed by atoms with van der Waals surface area (Å²) in [6.07, 6.45) is 0. The van der Waals surface area contributed by atoms with Gasteiger partial charge in [-0.2, -0.15) is 0 Å². The molecule has 0 N–H and O–H groups in total. The van der Waals surface area contributed by atoms with Crippen molar-refractivity contribution in [3.05, 3.63) is 157 Å². The Morgan fingerprint density at radius 1 is 0.280 bits per heavy atom. The SMILES string of the molecule is CC(C)(C)c1ccc2c(-c3ccc4c5c(cccc35)-c3ccccc3-4)c3ccccc3c(-c3ccc4c5c(cccc35)-c3ccccc3-4)c2c1. The second-order valence-electron chi connectivity index (χ2n) is 15.2. The molecule has 0 aliphatic heterocycles. The molecule has 0 radical (unpaired) electrons. The van der Waals surface area contributed by atoms with E-state index in [4.69, 9.17) is 0 Å². The molecule has 2 aliphatic carbocycles. The van der Waals surface area contributed by atoms with Crippen LogP contribution in [0.5, 0.6) is 0 Å². The molecule has 0 heterocycles. The lowest BCUT2D eigenvalue weighted by molar-refractivity contribution is 0.591. The van der Waals surface area contributed by atoms with E-state index in [1.807, 2.05) is 0 Å². The summed E-state index contributed by atoms with van der Waals surface area (Å²) in [7, 11) is 0. The lowest BCUT2D eigenvalue weighted by Gasteiger charge is -2.24. The van der Waals surface area contributed by atoms with Crippen LogP contribution >= 0.6 is 0 Å². The second-order valence-corrected chi connectivity index (χ2v) is 15.2. The minimum absolute atomic E-state index is 0.00863. The van der Waals surface area contributed by atoms with Crippen molar-refractivity contribution in [2.75, 3.05) is 0 Å². The van der Waals surface area contributed by atoms with Crippen molar-refractivity contribution in [2.45, 2.75) is 26.2 Å². The smallest absolute Gasteiger partial charge is 0.00200 e. The molecule has 2 aliphatic rings. The molecule has 0 amide bonds. The average Bonchev–Trinajstić information content (AvgIpc) is 3.65. The van der Waals surface area contributed by atoms with Crippen LogP contribution in [0.4, 0.5) is 0 Å². The highest BCUT2D eigenvalue weighted by molar-refractivity contribution is 6.29. The summed E-state index contributed by atoms with van der Waals surface area (Å²) in [6, 6.07) is 57.4. The molecule has 0 unspecified atom stereocenters. The zero-order valence-electron chi connectivity index (χ0n) is 28.4. The molecule has 0 saturated heterocycles. The first-order valence-corrected chi connectivity index (χ1v) is 17.8. The lowest BCUT2D eigenvalue weighted by atomic mass is 9.80. The average molecular weight is 635 g/mol. The highest BCUT2D eigenvalue weighted by Gasteiger charge is 2.27. The molecular formula is C50H34. The fourth-order valence-corrected chi connectivity index (χ4v) is 9.28. The van der Waals surface area contributed by atoms with Crippen LogP contribution in [0.2, 0.25) is 0 Å². The van der Waals surface area contributed by atoms with Gasteiger partial charge in [0, 0.05) is 0 Å². The summed E-state index contributed by atoms with van der Waals surface area (Å²) in [5.74, 6) is 0. The highest BCUT2D eigenvalue weighted by Crippen LogP contribution is 2.54. The van der Waals surface area contributed by atoms with Crippen LogP contribution in [0.3, 0.4) is 0 Å². The molecule has 0 saturated carbocycles. The first-order valence-electron chi connectivity index (χ1n) is 17.8. The van der Waals surface area contributed by atoms with Crippen LogP contribution in [0.1, 0.15) is 26.3 Å². The van der Waals surface area contributed by atoms with Gasteiger partial charge < -0.3 is 0 Å². The molecule has 9 aromatic carbocycles. The maximum absolute atomic E-state index is 2.49. The van der Waals surface area contributed by atoms with E-state index in [0.29, 0.717) is 0 Å². The molecule has 0 atom stereocenters. The van der Waals surface area contributed by atoms with Gasteiger partial charge in [0.2, 0.25) is 0 Å². The number of fused-ring (bicyclic) bond motifs is 8. The number of hydrogen-bond donors (Lipinski definition) is 0. The Morgan fingerprint density at radius 3 is 1.12 bits per heavy atom. The molecule has 11 rings (SSSR count). The largest absolute Gasteiger partial charge is 0.0616 e. The Balaban J connectivity index is 1.29. The monoisotopic (exact) mass is 634 g/mol.